The minimum atomic E-state index is -3.18. The van der Waals surface area contributed by atoms with Crippen molar-refractivity contribution in [3.63, 3.8) is 0 Å². The molecule has 0 spiro atoms. The van der Waals surface area contributed by atoms with Gasteiger partial charge in [0, 0.05) is 50.2 Å². The molecule has 2 N–H and O–H groups in total. The van der Waals surface area contributed by atoms with Crippen LogP contribution < -0.4 is 10.6 Å². The van der Waals surface area contributed by atoms with Crippen LogP contribution in [0.15, 0.2) is 24.5 Å². The summed E-state index contributed by atoms with van der Waals surface area (Å²) in [4.78, 5) is 13.4. The molecule has 0 aliphatic carbocycles. The van der Waals surface area contributed by atoms with E-state index in [9.17, 15) is 8.42 Å². The normalized spacial score (nSPS) is 14.4. The number of aromatic nitrogens is 3. The van der Waals surface area contributed by atoms with Crippen molar-refractivity contribution in [2.75, 3.05) is 38.3 Å². The van der Waals surface area contributed by atoms with Crippen LogP contribution in [0.3, 0.4) is 0 Å². The van der Waals surface area contributed by atoms with Crippen LogP contribution in [0, 0.1) is 0 Å². The Morgan fingerprint density at radius 3 is 2.76 bits per heavy atom. The van der Waals surface area contributed by atoms with E-state index in [2.05, 4.69) is 25.6 Å². The number of likely N-dealkylation sites (N-methyl/N-ethyl adjacent to an activating group) is 1. The fourth-order valence-corrected chi connectivity index (χ4v) is 3.06. The second-order valence-electron chi connectivity index (χ2n) is 6.00. The summed E-state index contributed by atoms with van der Waals surface area (Å²) in [6.07, 6.45) is 5.47. The molecule has 0 atom stereocenters. The Labute approximate surface area is 147 Å². The van der Waals surface area contributed by atoms with E-state index in [4.69, 9.17) is 0 Å². The molecular formula is C16H22N6O2S. The van der Waals surface area contributed by atoms with Crippen LogP contribution in [0.1, 0.15) is 11.3 Å². The number of sulfonamides is 1. The summed E-state index contributed by atoms with van der Waals surface area (Å²) in [6, 6.07) is 3.75. The molecule has 2 aromatic heterocycles. The Kier molecular flexibility index (Phi) is 5.26. The first-order chi connectivity index (χ1) is 11.9. The summed E-state index contributed by atoms with van der Waals surface area (Å²) in [5, 5.41) is 6.61. The Hall–Kier alpha value is -2.10. The third-order valence-electron chi connectivity index (χ3n) is 4.16. The van der Waals surface area contributed by atoms with Crippen LogP contribution in [-0.2, 0) is 23.0 Å². The van der Waals surface area contributed by atoms with Crippen LogP contribution >= 0.6 is 0 Å². The minimum Gasteiger partial charge on any atom is -0.368 e. The molecule has 25 heavy (non-hydrogen) atoms. The molecule has 1 aliphatic rings. The third-order valence-corrected chi connectivity index (χ3v) is 5.48. The molecule has 0 amide bonds. The van der Waals surface area contributed by atoms with Gasteiger partial charge in [-0.15, -0.1) is 0 Å². The smallest absolute Gasteiger partial charge is 0.211 e. The SMILES string of the molecule is CN(CCNc1nc(-c2ccncc2)nc2c1CCNC2)S(C)(=O)=O. The second kappa shape index (κ2) is 7.42. The van der Waals surface area contributed by atoms with Gasteiger partial charge in [0.2, 0.25) is 10.0 Å². The molecule has 9 heteroatoms. The molecule has 1 aliphatic heterocycles. The van der Waals surface area contributed by atoms with Gasteiger partial charge in [-0.05, 0) is 25.1 Å². The van der Waals surface area contributed by atoms with Crippen molar-refractivity contribution in [2.24, 2.45) is 0 Å². The molecule has 3 rings (SSSR count). The molecule has 0 radical (unpaired) electrons. The molecule has 134 valence electrons. The minimum absolute atomic E-state index is 0.375. The molecular weight excluding hydrogens is 340 g/mol. The van der Waals surface area contributed by atoms with Crippen molar-refractivity contribution < 1.29 is 8.42 Å². The maximum absolute atomic E-state index is 11.5. The number of hydrogen-bond donors (Lipinski definition) is 2. The topological polar surface area (TPSA) is 100 Å². The van der Waals surface area contributed by atoms with Gasteiger partial charge in [0.1, 0.15) is 5.82 Å². The van der Waals surface area contributed by atoms with Crippen molar-refractivity contribution >= 4 is 15.8 Å². The third kappa shape index (κ3) is 4.30. The predicted molar refractivity (Wildman–Crippen MR) is 96.6 cm³/mol. The summed E-state index contributed by atoms with van der Waals surface area (Å²) in [7, 11) is -1.61. The lowest BCUT2D eigenvalue weighted by atomic mass is 10.1. The molecule has 0 saturated carbocycles. The Bertz CT molecular complexity index is 841. The van der Waals surface area contributed by atoms with Gasteiger partial charge >= 0.3 is 0 Å². The van der Waals surface area contributed by atoms with Crippen molar-refractivity contribution in [2.45, 2.75) is 13.0 Å². The van der Waals surface area contributed by atoms with Crippen molar-refractivity contribution in [3.05, 3.63) is 35.8 Å². The average Bonchev–Trinajstić information content (AvgIpc) is 2.61. The van der Waals surface area contributed by atoms with E-state index in [1.807, 2.05) is 12.1 Å². The molecule has 0 fully saturated rings. The molecule has 0 unspecified atom stereocenters. The van der Waals surface area contributed by atoms with Gasteiger partial charge in [-0.25, -0.2) is 22.7 Å². The van der Waals surface area contributed by atoms with Crippen LogP contribution in [0.4, 0.5) is 5.82 Å². The van der Waals surface area contributed by atoms with Crippen molar-refractivity contribution in [3.8, 4) is 11.4 Å². The molecule has 0 saturated heterocycles. The Balaban J connectivity index is 1.84. The first kappa shape index (κ1) is 17.7. The molecule has 8 nitrogen and oxygen atoms in total. The first-order valence-corrected chi connectivity index (χ1v) is 9.96. The number of fused-ring (bicyclic) bond motifs is 1. The number of nitrogens with one attached hydrogen (secondary N) is 2. The summed E-state index contributed by atoms with van der Waals surface area (Å²) in [5.74, 6) is 1.42. The van der Waals surface area contributed by atoms with E-state index in [-0.39, 0.29) is 0 Å². The largest absolute Gasteiger partial charge is 0.368 e. The number of hydrogen-bond acceptors (Lipinski definition) is 7. The fourth-order valence-electron chi connectivity index (χ4n) is 2.63. The number of rotatable bonds is 6. The van der Waals surface area contributed by atoms with Crippen molar-refractivity contribution in [1.82, 2.24) is 24.6 Å². The zero-order chi connectivity index (χ0) is 17.9. The quantitative estimate of drug-likeness (QED) is 0.771. The second-order valence-corrected chi connectivity index (χ2v) is 8.08. The van der Waals surface area contributed by atoms with Crippen LogP contribution in [-0.4, -0.2) is 60.6 Å². The highest BCUT2D eigenvalue weighted by molar-refractivity contribution is 7.88. The van der Waals surface area contributed by atoms with E-state index in [0.717, 1.165) is 35.6 Å². The molecule has 0 bridgehead atoms. The van der Waals surface area contributed by atoms with E-state index < -0.39 is 10.0 Å². The van der Waals surface area contributed by atoms with Crippen LogP contribution in [0.25, 0.3) is 11.4 Å². The lowest BCUT2D eigenvalue weighted by Gasteiger charge is -2.21. The summed E-state index contributed by atoms with van der Waals surface area (Å²) >= 11 is 0. The van der Waals surface area contributed by atoms with Gasteiger partial charge in [-0.3, -0.25) is 4.98 Å². The standard InChI is InChI=1S/C16H22N6O2S/c1-22(25(2,23)24)10-9-19-16-13-5-8-18-11-14(13)20-15(21-16)12-3-6-17-7-4-12/h3-4,6-7,18H,5,8-11H2,1-2H3,(H,19,20,21). The van der Waals surface area contributed by atoms with Gasteiger partial charge < -0.3 is 10.6 Å². The highest BCUT2D eigenvalue weighted by Crippen LogP contribution is 2.24. The summed E-state index contributed by atoms with van der Waals surface area (Å²) in [6.45, 7) is 2.44. The van der Waals surface area contributed by atoms with Gasteiger partial charge in [0.15, 0.2) is 5.82 Å². The summed E-state index contributed by atoms with van der Waals surface area (Å²) < 4.78 is 24.3. The molecule has 3 heterocycles. The van der Waals surface area contributed by atoms with E-state index in [0.29, 0.717) is 25.5 Å². The van der Waals surface area contributed by atoms with E-state index in [1.165, 1.54) is 10.6 Å². The average molecular weight is 362 g/mol. The monoisotopic (exact) mass is 362 g/mol. The van der Waals surface area contributed by atoms with Gasteiger partial charge in [-0.1, -0.05) is 0 Å². The lowest BCUT2D eigenvalue weighted by molar-refractivity contribution is 0.486. The van der Waals surface area contributed by atoms with Gasteiger partial charge in [0.25, 0.3) is 0 Å². The number of anilines is 1. The van der Waals surface area contributed by atoms with Gasteiger partial charge in [-0.2, -0.15) is 0 Å². The van der Waals surface area contributed by atoms with Crippen LogP contribution in [0.5, 0.6) is 0 Å². The number of nitrogens with zero attached hydrogens (tertiary/aromatic N) is 4. The zero-order valence-corrected chi connectivity index (χ0v) is 15.2. The van der Waals surface area contributed by atoms with Crippen molar-refractivity contribution in [1.29, 1.82) is 0 Å². The van der Waals surface area contributed by atoms with Crippen LogP contribution in [0.2, 0.25) is 0 Å². The Morgan fingerprint density at radius 2 is 2.04 bits per heavy atom. The summed E-state index contributed by atoms with van der Waals surface area (Å²) in [5.41, 5.74) is 2.98. The maximum Gasteiger partial charge on any atom is 0.211 e. The number of pyridine rings is 1. The molecule has 0 aromatic carbocycles. The lowest BCUT2D eigenvalue weighted by Crippen LogP contribution is -2.31. The fraction of sp³-hybridized carbons (Fsp3) is 0.438. The van der Waals surface area contributed by atoms with E-state index in [1.54, 1.807) is 19.4 Å². The highest BCUT2D eigenvalue weighted by atomic mass is 32.2. The van der Waals surface area contributed by atoms with Gasteiger partial charge in [0.05, 0.1) is 11.9 Å². The molecule has 2 aromatic rings. The maximum atomic E-state index is 11.5. The predicted octanol–water partition coefficient (Wildman–Crippen LogP) is 0.488. The van der Waals surface area contributed by atoms with E-state index >= 15 is 0 Å². The Morgan fingerprint density at radius 1 is 1.28 bits per heavy atom. The highest BCUT2D eigenvalue weighted by Gasteiger charge is 2.18. The zero-order valence-electron chi connectivity index (χ0n) is 14.4. The first-order valence-electron chi connectivity index (χ1n) is 8.11.